The molecule has 0 saturated carbocycles. The van der Waals surface area contributed by atoms with Crippen molar-refractivity contribution in [2.24, 2.45) is 0 Å². The summed E-state index contributed by atoms with van der Waals surface area (Å²) in [4.78, 5) is 19.3. The van der Waals surface area contributed by atoms with E-state index in [0.29, 0.717) is 19.0 Å². The van der Waals surface area contributed by atoms with Gasteiger partial charge in [-0.3, -0.25) is 14.1 Å². The van der Waals surface area contributed by atoms with Gasteiger partial charge in [-0.1, -0.05) is 0 Å². The summed E-state index contributed by atoms with van der Waals surface area (Å²) in [5.41, 5.74) is 0.843. The molecule has 2 saturated heterocycles. The molecule has 0 bridgehead atoms. The van der Waals surface area contributed by atoms with Gasteiger partial charge in [0.15, 0.2) is 0 Å². The van der Waals surface area contributed by atoms with Crippen molar-refractivity contribution in [3.05, 3.63) is 23.8 Å². The quantitative estimate of drug-likeness (QED) is 0.860. The third-order valence-electron chi connectivity index (χ3n) is 4.60. The fourth-order valence-corrected chi connectivity index (χ4v) is 3.38. The zero-order valence-electron chi connectivity index (χ0n) is 13.1. The lowest BCUT2D eigenvalue weighted by atomic mass is 10.1. The van der Waals surface area contributed by atoms with Gasteiger partial charge >= 0.3 is 0 Å². The molecule has 2 aromatic heterocycles. The summed E-state index contributed by atoms with van der Waals surface area (Å²) in [5.74, 6) is 0.469. The molecule has 0 radical (unpaired) electrons. The van der Waals surface area contributed by atoms with Gasteiger partial charge in [-0.15, -0.1) is 10.2 Å². The monoisotopic (exact) mass is 316 g/mol. The molecule has 23 heavy (non-hydrogen) atoms. The molecule has 0 aromatic carbocycles. The van der Waals surface area contributed by atoms with Gasteiger partial charge in [0, 0.05) is 11.9 Å². The van der Waals surface area contributed by atoms with Crippen LogP contribution in [0.2, 0.25) is 0 Å². The largest absolute Gasteiger partial charge is 0.378 e. The Morgan fingerprint density at radius 1 is 1.30 bits per heavy atom. The van der Waals surface area contributed by atoms with Crippen LogP contribution in [0.4, 0.5) is 0 Å². The number of likely N-dealkylation sites (tertiary alicyclic amines) is 1. The predicted octanol–water partition coefficient (Wildman–Crippen LogP) is 0.0257. The Kier molecular flexibility index (Phi) is 3.70. The third kappa shape index (κ3) is 2.68. The van der Waals surface area contributed by atoms with Crippen LogP contribution in [0.1, 0.15) is 29.2 Å². The van der Waals surface area contributed by atoms with Crippen molar-refractivity contribution in [3.63, 3.8) is 0 Å². The molecular formula is C15H20N6O2. The summed E-state index contributed by atoms with van der Waals surface area (Å²) in [7, 11) is 0. The maximum absolute atomic E-state index is 12.6. The number of nitrogens with zero attached hydrogens (tertiary/aromatic N) is 5. The predicted molar refractivity (Wildman–Crippen MR) is 82.2 cm³/mol. The van der Waals surface area contributed by atoms with E-state index >= 15 is 0 Å². The lowest BCUT2D eigenvalue weighted by molar-refractivity contribution is 0.0905. The van der Waals surface area contributed by atoms with Crippen LogP contribution < -0.4 is 5.32 Å². The maximum Gasteiger partial charge on any atom is 0.290 e. The number of nitrogens with one attached hydrogen (secondary N) is 1. The molecule has 4 heterocycles. The van der Waals surface area contributed by atoms with E-state index in [1.807, 2.05) is 13.0 Å². The fourth-order valence-electron chi connectivity index (χ4n) is 3.38. The van der Waals surface area contributed by atoms with Crippen LogP contribution in [0.25, 0.3) is 5.78 Å². The number of aryl methyl sites for hydroxylation is 1. The highest BCUT2D eigenvalue weighted by Crippen LogP contribution is 2.19. The van der Waals surface area contributed by atoms with Crippen LogP contribution in [0.3, 0.4) is 0 Å². The highest BCUT2D eigenvalue weighted by Gasteiger charge is 2.36. The summed E-state index contributed by atoms with van der Waals surface area (Å²) in [6.07, 6.45) is 4.21. The highest BCUT2D eigenvalue weighted by atomic mass is 16.5. The third-order valence-corrected chi connectivity index (χ3v) is 4.60. The van der Waals surface area contributed by atoms with Crippen molar-refractivity contribution in [2.75, 3.05) is 26.3 Å². The normalized spacial score (nSPS) is 25.3. The molecule has 2 aliphatic heterocycles. The summed E-state index contributed by atoms with van der Waals surface area (Å²) >= 11 is 0. The molecule has 2 atom stereocenters. The molecule has 0 aliphatic carbocycles. The Hall–Kier alpha value is -2.06. The van der Waals surface area contributed by atoms with Crippen LogP contribution in [-0.4, -0.2) is 68.8 Å². The molecule has 8 heteroatoms. The Bertz CT molecular complexity index is 724. The van der Waals surface area contributed by atoms with Gasteiger partial charge in [-0.05, 0) is 38.9 Å². The van der Waals surface area contributed by atoms with Gasteiger partial charge in [-0.25, -0.2) is 4.98 Å². The average molecular weight is 316 g/mol. The Labute approximate surface area is 133 Å². The molecule has 122 valence electrons. The van der Waals surface area contributed by atoms with Crippen molar-refractivity contribution in [3.8, 4) is 0 Å². The number of carbonyl (C=O) groups is 1. The van der Waals surface area contributed by atoms with Gasteiger partial charge < -0.3 is 10.1 Å². The molecule has 2 aliphatic rings. The molecule has 4 rings (SSSR count). The molecule has 0 spiro atoms. The van der Waals surface area contributed by atoms with E-state index in [4.69, 9.17) is 4.74 Å². The molecule has 2 aromatic rings. The molecular weight excluding hydrogens is 296 g/mol. The van der Waals surface area contributed by atoms with Gasteiger partial charge in [-0.2, -0.15) is 0 Å². The number of hydrogen-bond acceptors (Lipinski definition) is 6. The minimum absolute atomic E-state index is 0.00800. The molecule has 8 nitrogen and oxygen atoms in total. The van der Waals surface area contributed by atoms with E-state index < -0.39 is 0 Å². The minimum Gasteiger partial charge on any atom is -0.378 e. The average Bonchev–Trinajstić information content (AvgIpc) is 3.26. The Morgan fingerprint density at radius 2 is 2.13 bits per heavy atom. The lowest BCUT2D eigenvalue weighted by Crippen LogP contribution is -2.50. The van der Waals surface area contributed by atoms with E-state index in [9.17, 15) is 4.79 Å². The zero-order valence-corrected chi connectivity index (χ0v) is 13.1. The first-order valence-electron chi connectivity index (χ1n) is 8.03. The second kappa shape index (κ2) is 5.86. The first-order valence-corrected chi connectivity index (χ1v) is 8.03. The first-order chi connectivity index (χ1) is 11.2. The lowest BCUT2D eigenvalue weighted by Gasteiger charge is -2.27. The molecule has 2 fully saturated rings. The fraction of sp³-hybridized carbons (Fsp3) is 0.600. The van der Waals surface area contributed by atoms with Gasteiger partial charge in [0.2, 0.25) is 5.82 Å². The number of carbonyl (C=O) groups excluding carboxylic acids is 1. The van der Waals surface area contributed by atoms with Crippen LogP contribution in [0.15, 0.2) is 12.3 Å². The highest BCUT2D eigenvalue weighted by molar-refractivity contribution is 5.91. The number of ether oxygens (including phenoxy) is 1. The van der Waals surface area contributed by atoms with Crippen molar-refractivity contribution >= 4 is 11.7 Å². The summed E-state index contributed by atoms with van der Waals surface area (Å²) in [5, 5.41) is 11.0. The van der Waals surface area contributed by atoms with E-state index in [1.54, 1.807) is 10.6 Å². The second-order valence-electron chi connectivity index (χ2n) is 6.19. The van der Waals surface area contributed by atoms with Crippen molar-refractivity contribution in [1.29, 1.82) is 0 Å². The van der Waals surface area contributed by atoms with Crippen LogP contribution in [0.5, 0.6) is 0 Å². The number of fused-ring (bicyclic) bond motifs is 1. The van der Waals surface area contributed by atoms with Crippen molar-refractivity contribution in [2.45, 2.75) is 31.8 Å². The van der Waals surface area contributed by atoms with E-state index in [0.717, 1.165) is 18.8 Å². The first kappa shape index (κ1) is 14.5. The number of amides is 1. The SMILES string of the molecule is Cc1ccn2c(C(=O)N[C@H]3COC[C@@H]3N3CCCC3)nnc2n1. The second-order valence-corrected chi connectivity index (χ2v) is 6.19. The zero-order chi connectivity index (χ0) is 15.8. The number of rotatable bonds is 3. The van der Waals surface area contributed by atoms with Crippen LogP contribution >= 0.6 is 0 Å². The molecule has 1 amide bonds. The summed E-state index contributed by atoms with van der Waals surface area (Å²) in [6, 6.07) is 2.08. The Morgan fingerprint density at radius 3 is 2.96 bits per heavy atom. The van der Waals surface area contributed by atoms with E-state index in [2.05, 4.69) is 25.4 Å². The topological polar surface area (TPSA) is 84.6 Å². The summed E-state index contributed by atoms with van der Waals surface area (Å²) < 4.78 is 7.21. The summed E-state index contributed by atoms with van der Waals surface area (Å²) in [6.45, 7) is 5.26. The standard InChI is InChI=1S/C15H20N6O2/c1-10-4-7-21-13(18-19-15(21)16-10)14(22)17-11-8-23-9-12(11)20-5-2-3-6-20/h4,7,11-12H,2-3,5-6,8-9H2,1H3,(H,17,22)/t11-,12-/m0/s1. The van der Waals surface area contributed by atoms with Crippen LogP contribution in [-0.2, 0) is 4.74 Å². The van der Waals surface area contributed by atoms with E-state index in [1.165, 1.54) is 12.8 Å². The molecule has 1 N–H and O–H groups in total. The Balaban J connectivity index is 1.52. The van der Waals surface area contributed by atoms with Crippen molar-refractivity contribution in [1.82, 2.24) is 29.8 Å². The smallest absolute Gasteiger partial charge is 0.290 e. The molecule has 0 unspecified atom stereocenters. The minimum atomic E-state index is -0.233. The van der Waals surface area contributed by atoms with E-state index in [-0.39, 0.29) is 23.8 Å². The number of hydrogen-bond donors (Lipinski definition) is 1. The van der Waals surface area contributed by atoms with Crippen molar-refractivity contribution < 1.29 is 9.53 Å². The van der Waals surface area contributed by atoms with Gasteiger partial charge in [0.25, 0.3) is 11.7 Å². The number of aromatic nitrogens is 4. The van der Waals surface area contributed by atoms with Gasteiger partial charge in [0.05, 0.1) is 25.3 Å². The van der Waals surface area contributed by atoms with Crippen LogP contribution in [0, 0.1) is 6.92 Å². The maximum atomic E-state index is 12.6. The van der Waals surface area contributed by atoms with Gasteiger partial charge in [0.1, 0.15) is 0 Å².